The van der Waals surface area contributed by atoms with Gasteiger partial charge < -0.3 is 10.1 Å². The molecular formula is C17H16Cl2FNO2. The topological polar surface area (TPSA) is 38.3 Å². The first-order valence-corrected chi connectivity index (χ1v) is 7.80. The van der Waals surface area contributed by atoms with Gasteiger partial charge in [0.15, 0.2) is 6.10 Å². The Bertz CT molecular complexity index is 691. The molecule has 2 aromatic rings. The zero-order valence-electron chi connectivity index (χ0n) is 12.6. The van der Waals surface area contributed by atoms with Crippen molar-refractivity contribution in [3.63, 3.8) is 0 Å². The standard InChI is InChI=1S/C17H16Cl2FNO2/c1-10(12-3-5-13(20)6-4-12)21-17(22)11(2)23-14-7-8-15(18)16(19)9-14/h3-11H,1-2H3,(H,21,22)/t10-,11-/m1/s1. The highest BCUT2D eigenvalue weighted by atomic mass is 35.5. The quantitative estimate of drug-likeness (QED) is 0.838. The summed E-state index contributed by atoms with van der Waals surface area (Å²) in [5.74, 6) is -0.145. The van der Waals surface area contributed by atoms with Crippen LogP contribution in [0.3, 0.4) is 0 Å². The van der Waals surface area contributed by atoms with Crippen LogP contribution in [-0.4, -0.2) is 12.0 Å². The van der Waals surface area contributed by atoms with Crippen LogP contribution in [0, 0.1) is 5.82 Å². The third-order valence-corrected chi connectivity index (χ3v) is 4.04. The summed E-state index contributed by atoms with van der Waals surface area (Å²) in [6.07, 6.45) is -0.713. The van der Waals surface area contributed by atoms with Gasteiger partial charge in [-0.05, 0) is 43.7 Å². The van der Waals surface area contributed by atoms with Gasteiger partial charge >= 0.3 is 0 Å². The molecule has 23 heavy (non-hydrogen) atoms. The van der Waals surface area contributed by atoms with Crippen molar-refractivity contribution in [3.05, 3.63) is 63.9 Å². The van der Waals surface area contributed by atoms with Crippen molar-refractivity contribution >= 4 is 29.1 Å². The molecule has 0 aliphatic carbocycles. The number of nitrogens with one attached hydrogen (secondary N) is 1. The molecule has 0 saturated carbocycles. The maximum Gasteiger partial charge on any atom is 0.261 e. The van der Waals surface area contributed by atoms with Gasteiger partial charge in [-0.2, -0.15) is 0 Å². The number of rotatable bonds is 5. The van der Waals surface area contributed by atoms with Gasteiger partial charge in [0.1, 0.15) is 11.6 Å². The Labute approximate surface area is 144 Å². The number of hydrogen-bond donors (Lipinski definition) is 1. The van der Waals surface area contributed by atoms with E-state index >= 15 is 0 Å². The number of hydrogen-bond acceptors (Lipinski definition) is 2. The second-order valence-corrected chi connectivity index (χ2v) is 5.93. The highest BCUT2D eigenvalue weighted by molar-refractivity contribution is 6.42. The first-order valence-electron chi connectivity index (χ1n) is 7.04. The Morgan fingerprint density at radius 2 is 1.74 bits per heavy atom. The third-order valence-electron chi connectivity index (χ3n) is 3.30. The molecule has 2 atom stereocenters. The van der Waals surface area contributed by atoms with Gasteiger partial charge in [-0.15, -0.1) is 0 Å². The highest BCUT2D eigenvalue weighted by Crippen LogP contribution is 2.27. The Balaban J connectivity index is 1.96. The summed E-state index contributed by atoms with van der Waals surface area (Å²) in [4.78, 5) is 12.2. The molecule has 2 aromatic carbocycles. The molecule has 0 bridgehead atoms. The molecule has 2 rings (SSSR count). The maximum atomic E-state index is 12.9. The van der Waals surface area contributed by atoms with Crippen molar-refractivity contribution in [2.24, 2.45) is 0 Å². The van der Waals surface area contributed by atoms with Gasteiger partial charge in [0, 0.05) is 6.07 Å². The van der Waals surface area contributed by atoms with Gasteiger partial charge in [-0.3, -0.25) is 4.79 Å². The van der Waals surface area contributed by atoms with Crippen LogP contribution in [0.2, 0.25) is 10.0 Å². The third kappa shape index (κ3) is 4.85. The van der Waals surface area contributed by atoms with E-state index in [-0.39, 0.29) is 17.8 Å². The SMILES string of the molecule is C[C@@H](Oc1ccc(Cl)c(Cl)c1)C(=O)N[C@H](C)c1ccc(F)cc1. The van der Waals surface area contributed by atoms with E-state index in [4.69, 9.17) is 27.9 Å². The number of benzene rings is 2. The molecule has 3 nitrogen and oxygen atoms in total. The first-order chi connectivity index (χ1) is 10.9. The molecule has 122 valence electrons. The Morgan fingerprint density at radius 1 is 1.09 bits per heavy atom. The molecule has 0 unspecified atom stereocenters. The van der Waals surface area contributed by atoms with Gasteiger partial charge in [-0.25, -0.2) is 4.39 Å². The lowest BCUT2D eigenvalue weighted by atomic mass is 10.1. The van der Waals surface area contributed by atoms with Crippen LogP contribution < -0.4 is 10.1 Å². The summed E-state index contributed by atoms with van der Waals surface area (Å²) >= 11 is 11.7. The predicted octanol–water partition coefficient (Wildman–Crippen LogP) is 4.78. The van der Waals surface area contributed by atoms with E-state index in [0.717, 1.165) is 5.56 Å². The van der Waals surface area contributed by atoms with Crippen LogP contribution in [0.15, 0.2) is 42.5 Å². The van der Waals surface area contributed by atoms with Crippen LogP contribution in [-0.2, 0) is 4.79 Å². The molecule has 1 N–H and O–H groups in total. The second kappa shape index (κ2) is 7.66. The molecule has 0 aliphatic heterocycles. The number of halogens is 3. The van der Waals surface area contributed by atoms with E-state index in [9.17, 15) is 9.18 Å². The Morgan fingerprint density at radius 3 is 2.35 bits per heavy atom. The summed E-state index contributed by atoms with van der Waals surface area (Å²) < 4.78 is 18.5. The van der Waals surface area contributed by atoms with E-state index in [1.54, 1.807) is 37.3 Å². The summed E-state index contributed by atoms with van der Waals surface area (Å²) in [6, 6.07) is 10.5. The lowest BCUT2D eigenvalue weighted by molar-refractivity contribution is -0.127. The molecule has 0 fully saturated rings. The monoisotopic (exact) mass is 355 g/mol. The zero-order valence-corrected chi connectivity index (χ0v) is 14.2. The molecular weight excluding hydrogens is 340 g/mol. The molecule has 0 saturated heterocycles. The van der Waals surface area contributed by atoms with Crippen LogP contribution in [0.1, 0.15) is 25.5 Å². The number of amides is 1. The number of carbonyl (C=O) groups excluding carboxylic acids is 1. The van der Waals surface area contributed by atoms with Crippen LogP contribution in [0.5, 0.6) is 5.75 Å². The molecule has 0 aliphatic rings. The molecule has 0 aromatic heterocycles. The van der Waals surface area contributed by atoms with Crippen molar-refractivity contribution < 1.29 is 13.9 Å². The van der Waals surface area contributed by atoms with Crippen molar-refractivity contribution in [2.75, 3.05) is 0 Å². The van der Waals surface area contributed by atoms with Crippen molar-refractivity contribution in [2.45, 2.75) is 26.0 Å². The Kier molecular flexibility index (Phi) is 5.85. The minimum atomic E-state index is -0.713. The second-order valence-electron chi connectivity index (χ2n) is 5.12. The van der Waals surface area contributed by atoms with Crippen molar-refractivity contribution in [1.82, 2.24) is 5.32 Å². The maximum absolute atomic E-state index is 12.9. The summed E-state index contributed by atoms with van der Waals surface area (Å²) in [7, 11) is 0. The van der Waals surface area contributed by atoms with Crippen LogP contribution in [0.4, 0.5) is 4.39 Å². The van der Waals surface area contributed by atoms with Crippen molar-refractivity contribution in [3.8, 4) is 5.75 Å². The molecule has 0 spiro atoms. The largest absolute Gasteiger partial charge is 0.481 e. The van der Waals surface area contributed by atoms with Gasteiger partial charge in [0.25, 0.3) is 5.91 Å². The predicted molar refractivity (Wildman–Crippen MR) is 89.5 cm³/mol. The average Bonchev–Trinajstić information content (AvgIpc) is 2.51. The molecule has 6 heteroatoms. The van der Waals surface area contributed by atoms with Gasteiger partial charge in [0.05, 0.1) is 16.1 Å². The van der Waals surface area contributed by atoms with E-state index in [0.29, 0.717) is 15.8 Å². The number of ether oxygens (including phenoxy) is 1. The molecule has 0 heterocycles. The average molecular weight is 356 g/mol. The van der Waals surface area contributed by atoms with Crippen molar-refractivity contribution in [1.29, 1.82) is 0 Å². The van der Waals surface area contributed by atoms with Gasteiger partial charge in [0.2, 0.25) is 0 Å². The highest BCUT2D eigenvalue weighted by Gasteiger charge is 2.18. The fourth-order valence-electron chi connectivity index (χ4n) is 1.97. The Hall–Kier alpha value is -1.78. The first kappa shape index (κ1) is 17.6. The fourth-order valence-corrected chi connectivity index (χ4v) is 2.26. The van der Waals surface area contributed by atoms with E-state index in [1.165, 1.54) is 12.1 Å². The van der Waals surface area contributed by atoms with Gasteiger partial charge in [-0.1, -0.05) is 35.3 Å². The van der Waals surface area contributed by atoms with E-state index < -0.39 is 6.10 Å². The molecule has 0 radical (unpaired) electrons. The van der Waals surface area contributed by atoms with E-state index in [2.05, 4.69) is 5.32 Å². The summed E-state index contributed by atoms with van der Waals surface area (Å²) in [6.45, 7) is 3.45. The van der Waals surface area contributed by atoms with E-state index in [1.807, 2.05) is 6.92 Å². The smallest absolute Gasteiger partial charge is 0.261 e. The summed E-state index contributed by atoms with van der Waals surface area (Å²) in [5, 5.41) is 3.59. The fraction of sp³-hybridized carbons (Fsp3) is 0.235. The van der Waals surface area contributed by atoms with Crippen LogP contribution >= 0.6 is 23.2 Å². The minimum Gasteiger partial charge on any atom is -0.481 e. The lowest BCUT2D eigenvalue weighted by Crippen LogP contribution is -2.37. The lowest BCUT2D eigenvalue weighted by Gasteiger charge is -2.19. The molecule has 1 amide bonds. The summed E-state index contributed by atoms with van der Waals surface area (Å²) in [5.41, 5.74) is 0.807. The van der Waals surface area contributed by atoms with Crippen LogP contribution in [0.25, 0.3) is 0 Å². The zero-order chi connectivity index (χ0) is 17.0. The normalized spacial score (nSPS) is 13.3. The minimum absolute atomic E-state index is 0.261. The number of carbonyl (C=O) groups is 1.